The van der Waals surface area contributed by atoms with E-state index < -0.39 is 0 Å². The van der Waals surface area contributed by atoms with Crippen LogP contribution in [0.1, 0.15) is 21.6 Å². The first kappa shape index (κ1) is 16.9. The van der Waals surface area contributed by atoms with E-state index in [0.29, 0.717) is 6.54 Å². The Labute approximate surface area is 158 Å². The molecule has 0 bridgehead atoms. The van der Waals surface area contributed by atoms with Gasteiger partial charge in [-0.15, -0.1) is 0 Å². The molecule has 132 valence electrons. The van der Waals surface area contributed by atoms with E-state index in [1.54, 1.807) is 0 Å². The first-order chi connectivity index (χ1) is 13.3. The maximum atomic E-state index is 12.4. The zero-order valence-corrected chi connectivity index (χ0v) is 14.9. The molecule has 0 fully saturated rings. The Hall–Kier alpha value is -3.53. The summed E-state index contributed by atoms with van der Waals surface area (Å²) in [7, 11) is 0. The molecule has 2 aromatic carbocycles. The number of ketones is 1. The highest BCUT2D eigenvalue weighted by molar-refractivity contribution is 5.94. The number of carbonyl (C=O) groups excluding carboxylic acids is 1. The van der Waals surface area contributed by atoms with Crippen LogP contribution in [0.2, 0.25) is 0 Å². The molecule has 0 aliphatic carbocycles. The molecule has 4 rings (SSSR count). The molecule has 0 saturated carbocycles. The molecule has 27 heavy (non-hydrogen) atoms. The molecule has 0 spiro atoms. The molecular formula is C23H20N3O+. The van der Waals surface area contributed by atoms with Gasteiger partial charge in [-0.1, -0.05) is 60.7 Å². The number of aromatic amines is 1. The van der Waals surface area contributed by atoms with Crippen molar-refractivity contribution in [3.8, 4) is 11.3 Å². The highest BCUT2D eigenvalue weighted by Gasteiger charge is 2.14. The van der Waals surface area contributed by atoms with E-state index in [-0.39, 0.29) is 5.78 Å². The lowest BCUT2D eigenvalue weighted by Crippen LogP contribution is -2.37. The lowest BCUT2D eigenvalue weighted by molar-refractivity contribution is -0.682. The molecule has 0 atom stereocenters. The maximum Gasteiger partial charge on any atom is 0.227 e. The van der Waals surface area contributed by atoms with E-state index in [1.807, 2.05) is 77.6 Å². The highest BCUT2D eigenvalue weighted by Crippen LogP contribution is 2.17. The molecule has 4 aromatic rings. The lowest BCUT2D eigenvalue weighted by Gasteiger charge is -2.00. The van der Waals surface area contributed by atoms with Gasteiger partial charge in [-0.2, -0.15) is 9.67 Å². The minimum atomic E-state index is 0.0899. The summed E-state index contributed by atoms with van der Waals surface area (Å²) in [6, 6.07) is 25.7. The van der Waals surface area contributed by atoms with Gasteiger partial charge >= 0.3 is 0 Å². The Morgan fingerprint density at radius 1 is 0.926 bits per heavy atom. The number of nitrogens with one attached hydrogen (secondary N) is 1. The van der Waals surface area contributed by atoms with Crippen LogP contribution in [0.4, 0.5) is 0 Å². The summed E-state index contributed by atoms with van der Waals surface area (Å²) in [4.78, 5) is 12.4. The predicted molar refractivity (Wildman–Crippen MR) is 104 cm³/mol. The number of rotatable bonds is 6. The number of hydrogen-bond acceptors (Lipinski definition) is 2. The van der Waals surface area contributed by atoms with Gasteiger partial charge in [-0.05, 0) is 17.7 Å². The average Bonchev–Trinajstić information content (AvgIpc) is 3.18. The van der Waals surface area contributed by atoms with Crippen LogP contribution < -0.4 is 4.57 Å². The van der Waals surface area contributed by atoms with Crippen molar-refractivity contribution < 1.29 is 9.36 Å². The summed E-state index contributed by atoms with van der Waals surface area (Å²) < 4.78 is 1.91. The summed E-state index contributed by atoms with van der Waals surface area (Å²) in [5.41, 5.74) is 4.90. The van der Waals surface area contributed by atoms with E-state index in [0.717, 1.165) is 28.9 Å². The number of hydrogen-bond donors (Lipinski definition) is 1. The molecule has 0 aliphatic heterocycles. The molecule has 4 heteroatoms. The second kappa shape index (κ2) is 7.79. The Morgan fingerprint density at radius 2 is 1.67 bits per heavy atom. The zero-order valence-electron chi connectivity index (χ0n) is 14.9. The number of nitrogens with zero attached hydrogens (tertiary/aromatic N) is 2. The van der Waals surface area contributed by atoms with E-state index in [9.17, 15) is 4.79 Å². The molecule has 0 radical (unpaired) electrons. The van der Waals surface area contributed by atoms with Gasteiger partial charge in [0, 0.05) is 18.1 Å². The third kappa shape index (κ3) is 4.18. The van der Waals surface area contributed by atoms with Crippen molar-refractivity contribution in [3.05, 3.63) is 108 Å². The van der Waals surface area contributed by atoms with E-state index >= 15 is 0 Å². The SMILES string of the molecule is O=C(C[n+]1cccc(-c2cc(Cc3ccccc3)n[nH]2)c1)c1ccccc1. The quantitative estimate of drug-likeness (QED) is 0.422. The van der Waals surface area contributed by atoms with Crippen LogP contribution in [-0.4, -0.2) is 16.0 Å². The summed E-state index contributed by atoms with van der Waals surface area (Å²) in [6.45, 7) is 0.308. The van der Waals surface area contributed by atoms with E-state index in [1.165, 1.54) is 5.56 Å². The van der Waals surface area contributed by atoms with Crippen LogP contribution in [0.3, 0.4) is 0 Å². The van der Waals surface area contributed by atoms with Crippen molar-refractivity contribution in [3.63, 3.8) is 0 Å². The fourth-order valence-electron chi connectivity index (χ4n) is 3.07. The molecule has 0 aliphatic rings. The zero-order chi connectivity index (χ0) is 18.5. The molecule has 2 aromatic heterocycles. The fourth-order valence-corrected chi connectivity index (χ4v) is 3.07. The van der Waals surface area contributed by atoms with Gasteiger partial charge in [0.25, 0.3) is 0 Å². The second-order valence-electron chi connectivity index (χ2n) is 6.49. The van der Waals surface area contributed by atoms with E-state index in [4.69, 9.17) is 0 Å². The number of H-pyrrole nitrogens is 1. The number of Topliss-reactive ketones (excluding diaryl/α,β-unsaturated/α-hetero) is 1. The van der Waals surface area contributed by atoms with Crippen LogP contribution in [0.25, 0.3) is 11.3 Å². The van der Waals surface area contributed by atoms with Crippen molar-refractivity contribution in [1.29, 1.82) is 0 Å². The first-order valence-electron chi connectivity index (χ1n) is 8.94. The molecule has 2 heterocycles. The summed E-state index contributed by atoms with van der Waals surface area (Å²) in [5, 5.41) is 7.53. The van der Waals surface area contributed by atoms with Gasteiger partial charge in [-0.25, -0.2) is 0 Å². The molecule has 0 amide bonds. The van der Waals surface area contributed by atoms with Crippen LogP contribution >= 0.6 is 0 Å². The van der Waals surface area contributed by atoms with Gasteiger partial charge in [-0.3, -0.25) is 9.89 Å². The summed E-state index contributed by atoms with van der Waals surface area (Å²) in [5.74, 6) is 0.0899. The minimum absolute atomic E-state index is 0.0899. The maximum absolute atomic E-state index is 12.4. The van der Waals surface area contributed by atoms with Crippen LogP contribution in [-0.2, 0) is 13.0 Å². The van der Waals surface area contributed by atoms with Gasteiger partial charge < -0.3 is 0 Å². The molecule has 0 saturated heterocycles. The normalized spacial score (nSPS) is 10.7. The van der Waals surface area contributed by atoms with Crippen LogP contribution in [0, 0.1) is 0 Å². The third-order valence-electron chi connectivity index (χ3n) is 4.45. The molecular weight excluding hydrogens is 334 g/mol. The minimum Gasteiger partial charge on any atom is -0.287 e. The largest absolute Gasteiger partial charge is 0.287 e. The molecule has 4 nitrogen and oxygen atoms in total. The second-order valence-corrected chi connectivity index (χ2v) is 6.49. The van der Waals surface area contributed by atoms with Crippen molar-refractivity contribution in [1.82, 2.24) is 10.2 Å². The van der Waals surface area contributed by atoms with Gasteiger partial charge in [0.1, 0.15) is 0 Å². The Bertz CT molecular complexity index is 1040. The number of aromatic nitrogens is 3. The van der Waals surface area contributed by atoms with Crippen LogP contribution in [0.15, 0.2) is 91.3 Å². The van der Waals surface area contributed by atoms with Gasteiger partial charge in [0.05, 0.1) is 17.0 Å². The topological polar surface area (TPSA) is 49.6 Å². The first-order valence-corrected chi connectivity index (χ1v) is 8.94. The Kier molecular flexibility index (Phi) is 4.88. The van der Waals surface area contributed by atoms with E-state index in [2.05, 4.69) is 28.4 Å². The van der Waals surface area contributed by atoms with Crippen LogP contribution in [0.5, 0.6) is 0 Å². The third-order valence-corrected chi connectivity index (χ3v) is 4.45. The Morgan fingerprint density at radius 3 is 2.44 bits per heavy atom. The number of benzene rings is 2. The van der Waals surface area contributed by atoms with Crippen molar-refractivity contribution >= 4 is 5.78 Å². The highest BCUT2D eigenvalue weighted by atomic mass is 16.1. The summed E-state index contributed by atoms with van der Waals surface area (Å²) >= 11 is 0. The monoisotopic (exact) mass is 354 g/mol. The predicted octanol–water partition coefficient (Wildman–Crippen LogP) is 3.84. The van der Waals surface area contributed by atoms with Crippen molar-refractivity contribution in [2.45, 2.75) is 13.0 Å². The van der Waals surface area contributed by atoms with Gasteiger partial charge in [0.15, 0.2) is 12.4 Å². The lowest BCUT2D eigenvalue weighted by atomic mass is 10.1. The standard InChI is InChI=1S/C23H20N3O/c27-23(19-10-5-2-6-11-19)17-26-13-7-12-20(16-26)22-15-21(24-25-22)14-18-8-3-1-4-9-18/h1-13,15-16H,14,17H2,(H,24,25)/q+1. The Balaban J connectivity index is 1.50. The molecule has 1 N–H and O–H groups in total. The average molecular weight is 354 g/mol. The fraction of sp³-hybridized carbons (Fsp3) is 0.0870. The molecule has 0 unspecified atom stereocenters. The van der Waals surface area contributed by atoms with Gasteiger partial charge in [0.2, 0.25) is 12.3 Å². The summed E-state index contributed by atoms with van der Waals surface area (Å²) in [6.07, 6.45) is 4.67. The smallest absolute Gasteiger partial charge is 0.227 e. The number of carbonyl (C=O) groups is 1. The number of pyridine rings is 1. The van der Waals surface area contributed by atoms with Crippen molar-refractivity contribution in [2.24, 2.45) is 0 Å². The van der Waals surface area contributed by atoms with Crippen molar-refractivity contribution in [2.75, 3.05) is 0 Å².